The molecule has 0 unspecified atom stereocenters. The molecule has 37 heavy (non-hydrogen) atoms. The van der Waals surface area contributed by atoms with E-state index in [9.17, 15) is 18.0 Å². The number of nitrogens with zero attached hydrogens (tertiary/aromatic N) is 2. The van der Waals surface area contributed by atoms with Crippen molar-refractivity contribution in [2.45, 2.75) is 66.1 Å². The van der Waals surface area contributed by atoms with Gasteiger partial charge in [-0.3, -0.25) is 13.9 Å². The Morgan fingerprint density at radius 2 is 1.68 bits per heavy atom. The number of hydrogen-bond acceptors (Lipinski definition) is 6. The summed E-state index contributed by atoms with van der Waals surface area (Å²) in [5.41, 5.74) is 2.22. The van der Waals surface area contributed by atoms with E-state index in [4.69, 9.17) is 9.47 Å². The van der Waals surface area contributed by atoms with Gasteiger partial charge in [0.15, 0.2) is 11.5 Å². The van der Waals surface area contributed by atoms with Crippen molar-refractivity contribution in [3.63, 3.8) is 0 Å². The summed E-state index contributed by atoms with van der Waals surface area (Å²) in [6.07, 6.45) is 1.13. The van der Waals surface area contributed by atoms with Crippen molar-refractivity contribution < 1.29 is 27.5 Å². The lowest BCUT2D eigenvalue weighted by Crippen LogP contribution is -2.53. The fourth-order valence-corrected chi connectivity index (χ4v) is 5.06. The first-order valence-corrected chi connectivity index (χ1v) is 14.3. The second-order valence-electron chi connectivity index (χ2n) is 9.19. The molecular formula is C27H37N3O6S. The summed E-state index contributed by atoms with van der Waals surface area (Å²) in [4.78, 5) is 28.5. The molecule has 0 radical (unpaired) electrons. The Kier molecular flexibility index (Phi) is 9.42. The number of anilines is 1. The molecule has 202 valence electrons. The molecule has 0 aromatic heterocycles. The number of ether oxygens (including phenoxy) is 2. The molecule has 0 spiro atoms. The predicted octanol–water partition coefficient (Wildman–Crippen LogP) is 3.60. The molecule has 3 rings (SSSR count). The fourth-order valence-electron chi connectivity index (χ4n) is 4.01. The molecule has 0 saturated heterocycles. The quantitative estimate of drug-likeness (QED) is 0.449. The van der Waals surface area contributed by atoms with Gasteiger partial charge in [0.05, 0.1) is 11.4 Å². The number of sulfonamides is 1. The van der Waals surface area contributed by atoms with Crippen molar-refractivity contribution >= 4 is 27.5 Å². The maximum Gasteiger partial charge on any atom is 0.244 e. The average molecular weight is 532 g/mol. The van der Waals surface area contributed by atoms with Crippen LogP contribution in [-0.4, -0.2) is 56.3 Å². The van der Waals surface area contributed by atoms with Crippen LogP contribution < -0.4 is 19.1 Å². The van der Waals surface area contributed by atoms with Gasteiger partial charge in [-0.2, -0.15) is 0 Å². The third-order valence-corrected chi connectivity index (χ3v) is 8.23. The van der Waals surface area contributed by atoms with Crippen molar-refractivity contribution in [3.05, 3.63) is 53.6 Å². The minimum absolute atomic E-state index is 0.0477. The first-order valence-electron chi connectivity index (χ1n) is 12.6. The Labute approximate surface area is 219 Å². The molecule has 1 N–H and O–H groups in total. The summed E-state index contributed by atoms with van der Waals surface area (Å²) in [7, 11) is -3.82. The number of carbonyl (C=O) groups excluding carboxylic acids is 2. The molecule has 1 aliphatic heterocycles. The van der Waals surface area contributed by atoms with Gasteiger partial charge in [-0.1, -0.05) is 43.7 Å². The van der Waals surface area contributed by atoms with E-state index in [-0.39, 0.29) is 31.0 Å². The number of amides is 2. The molecule has 0 saturated carbocycles. The van der Waals surface area contributed by atoms with E-state index < -0.39 is 28.5 Å². The number of fused-ring (bicyclic) bond motifs is 1. The maximum absolute atomic E-state index is 13.8. The number of rotatable bonds is 12. The highest BCUT2D eigenvalue weighted by Crippen LogP contribution is 2.36. The van der Waals surface area contributed by atoms with Crippen LogP contribution in [0.3, 0.4) is 0 Å². The van der Waals surface area contributed by atoms with Crippen LogP contribution in [0.2, 0.25) is 0 Å². The van der Waals surface area contributed by atoms with Crippen LogP contribution in [0.15, 0.2) is 42.5 Å². The van der Waals surface area contributed by atoms with Crippen molar-refractivity contribution in [2.24, 2.45) is 0 Å². The zero-order chi connectivity index (χ0) is 27.2. The Balaban J connectivity index is 1.96. The number of nitrogens with one attached hydrogen (secondary N) is 1. The molecule has 1 heterocycles. The fraction of sp³-hybridized carbons (Fsp3) is 0.481. The largest absolute Gasteiger partial charge is 0.454 e. The van der Waals surface area contributed by atoms with E-state index in [1.165, 1.54) is 11.8 Å². The van der Waals surface area contributed by atoms with Crippen LogP contribution >= 0.6 is 0 Å². The van der Waals surface area contributed by atoms with Crippen LogP contribution in [-0.2, 0) is 26.2 Å². The second-order valence-corrected chi connectivity index (χ2v) is 11.4. The van der Waals surface area contributed by atoms with Crippen LogP contribution in [0.5, 0.6) is 11.5 Å². The van der Waals surface area contributed by atoms with Gasteiger partial charge >= 0.3 is 0 Å². The standard InChI is InChI=1S/C27H37N3O6S/c1-6-20(5)28-27(32)23(7-2)29(16-21-11-9-19(4)10-12-21)26(31)17-30(37(33,34)8-3)22-13-14-24-25(15-22)36-18-35-24/h9-15,20,23H,6-8,16-18H2,1-5H3,(H,28,32)/t20-,23+/m1/s1. The summed E-state index contributed by atoms with van der Waals surface area (Å²) >= 11 is 0. The molecule has 2 amide bonds. The van der Waals surface area contributed by atoms with Gasteiger partial charge in [-0.15, -0.1) is 0 Å². The van der Waals surface area contributed by atoms with Gasteiger partial charge in [0, 0.05) is 18.7 Å². The first kappa shape index (κ1) is 28.3. The lowest BCUT2D eigenvalue weighted by atomic mass is 10.1. The molecule has 2 atom stereocenters. The van der Waals surface area contributed by atoms with Crippen LogP contribution in [0.1, 0.15) is 51.7 Å². The predicted molar refractivity (Wildman–Crippen MR) is 143 cm³/mol. The summed E-state index contributed by atoms with van der Waals surface area (Å²) in [6.45, 7) is 8.99. The van der Waals surface area contributed by atoms with Gasteiger partial charge < -0.3 is 19.7 Å². The molecule has 1 aliphatic rings. The summed E-state index contributed by atoms with van der Waals surface area (Å²) < 4.78 is 38.1. The van der Waals surface area contributed by atoms with Gasteiger partial charge in [0.1, 0.15) is 12.6 Å². The highest BCUT2D eigenvalue weighted by atomic mass is 32.2. The third-order valence-electron chi connectivity index (χ3n) is 6.48. The van der Waals surface area contributed by atoms with Crippen molar-refractivity contribution in [3.8, 4) is 11.5 Å². The first-order chi connectivity index (χ1) is 17.6. The summed E-state index contributed by atoms with van der Waals surface area (Å²) in [5, 5.41) is 2.97. The van der Waals surface area contributed by atoms with Crippen molar-refractivity contribution in [1.82, 2.24) is 10.2 Å². The van der Waals surface area contributed by atoms with Gasteiger partial charge in [0.2, 0.25) is 28.6 Å². The topological polar surface area (TPSA) is 105 Å². The Morgan fingerprint density at radius 3 is 2.30 bits per heavy atom. The lowest BCUT2D eigenvalue weighted by Gasteiger charge is -2.33. The second kappa shape index (κ2) is 12.3. The van der Waals surface area contributed by atoms with E-state index in [1.807, 2.05) is 52.0 Å². The number of aryl methyl sites for hydroxylation is 1. The monoisotopic (exact) mass is 531 g/mol. The van der Waals surface area contributed by atoms with E-state index in [2.05, 4.69) is 5.32 Å². The number of carbonyl (C=O) groups is 2. The SMILES string of the molecule is CC[C@@H](C)NC(=O)[C@H](CC)N(Cc1ccc(C)cc1)C(=O)CN(c1ccc2c(c1)OCO2)S(=O)(=O)CC. The Morgan fingerprint density at radius 1 is 1.00 bits per heavy atom. The molecule has 9 nitrogen and oxygen atoms in total. The molecule has 2 aromatic carbocycles. The Hall–Kier alpha value is -3.27. The molecule has 2 aromatic rings. The number of hydrogen-bond donors (Lipinski definition) is 1. The van der Waals surface area contributed by atoms with E-state index in [0.717, 1.165) is 21.9 Å². The number of benzene rings is 2. The van der Waals surface area contributed by atoms with Crippen molar-refractivity contribution in [2.75, 3.05) is 23.4 Å². The zero-order valence-electron chi connectivity index (χ0n) is 22.2. The molecule has 10 heteroatoms. The minimum Gasteiger partial charge on any atom is -0.454 e. The summed E-state index contributed by atoms with van der Waals surface area (Å²) in [5.74, 6) is -0.000189. The van der Waals surface area contributed by atoms with Crippen LogP contribution in [0.4, 0.5) is 5.69 Å². The minimum atomic E-state index is -3.82. The van der Waals surface area contributed by atoms with E-state index in [0.29, 0.717) is 23.6 Å². The highest BCUT2D eigenvalue weighted by molar-refractivity contribution is 7.92. The molecule has 0 fully saturated rings. The third kappa shape index (κ3) is 6.94. The van der Waals surface area contributed by atoms with Gasteiger partial charge in [-0.05, 0) is 51.3 Å². The van der Waals surface area contributed by atoms with E-state index >= 15 is 0 Å². The van der Waals surface area contributed by atoms with Crippen LogP contribution in [0, 0.1) is 6.92 Å². The van der Waals surface area contributed by atoms with Gasteiger partial charge in [0.25, 0.3) is 0 Å². The van der Waals surface area contributed by atoms with E-state index in [1.54, 1.807) is 18.2 Å². The lowest BCUT2D eigenvalue weighted by molar-refractivity contribution is -0.140. The molecule has 0 bridgehead atoms. The normalized spacial score (nSPS) is 14.1. The highest BCUT2D eigenvalue weighted by Gasteiger charge is 2.33. The smallest absolute Gasteiger partial charge is 0.244 e. The molecular weight excluding hydrogens is 494 g/mol. The Bertz CT molecular complexity index is 1200. The average Bonchev–Trinajstić information content (AvgIpc) is 3.36. The van der Waals surface area contributed by atoms with Crippen LogP contribution in [0.25, 0.3) is 0 Å². The van der Waals surface area contributed by atoms with Gasteiger partial charge in [-0.25, -0.2) is 8.42 Å². The summed E-state index contributed by atoms with van der Waals surface area (Å²) in [6, 6.07) is 11.7. The van der Waals surface area contributed by atoms with Crippen molar-refractivity contribution in [1.29, 1.82) is 0 Å². The molecule has 0 aliphatic carbocycles. The maximum atomic E-state index is 13.8. The zero-order valence-corrected chi connectivity index (χ0v) is 23.0.